The van der Waals surface area contributed by atoms with Gasteiger partial charge < -0.3 is 15.3 Å². The van der Waals surface area contributed by atoms with Crippen molar-refractivity contribution in [2.45, 2.75) is 0 Å². The molecule has 6 nitrogen and oxygen atoms in total. The number of nitrogens with zero attached hydrogens (tertiary/aromatic N) is 1. The number of carbonyl (C=O) groups is 2. The molecule has 114 valence electrons. The molecule has 0 atom stereocenters. The van der Waals surface area contributed by atoms with Gasteiger partial charge in [-0.2, -0.15) is 0 Å². The fourth-order valence-corrected chi connectivity index (χ4v) is 2.01. The van der Waals surface area contributed by atoms with Crippen LogP contribution in [0.1, 0.15) is 10.4 Å². The summed E-state index contributed by atoms with van der Waals surface area (Å²) >= 11 is 0. The smallest absolute Gasteiger partial charge is 0.409 e. The van der Waals surface area contributed by atoms with E-state index in [2.05, 4.69) is 10.6 Å². The molecule has 2 aromatic carbocycles. The Hall–Kier alpha value is -3.02. The minimum absolute atomic E-state index is 0.219. The van der Waals surface area contributed by atoms with Gasteiger partial charge in [0.1, 0.15) is 0 Å². The summed E-state index contributed by atoms with van der Waals surface area (Å²) in [6.45, 7) is 0. The van der Waals surface area contributed by atoms with E-state index >= 15 is 0 Å². The molecule has 0 aliphatic rings. The highest BCUT2D eigenvalue weighted by Crippen LogP contribution is 2.20. The highest BCUT2D eigenvalue weighted by molar-refractivity contribution is 6.08. The van der Waals surface area contributed by atoms with Gasteiger partial charge in [0.05, 0.1) is 5.56 Å². The van der Waals surface area contributed by atoms with E-state index < -0.39 is 6.09 Å². The van der Waals surface area contributed by atoms with Crippen LogP contribution in [0.5, 0.6) is 0 Å². The third kappa shape index (κ3) is 3.76. The number of carbonyl (C=O) groups excluding carboxylic acids is 1. The molecule has 3 N–H and O–H groups in total. The maximum absolute atomic E-state index is 12.4. The van der Waals surface area contributed by atoms with Crippen LogP contribution in [0.3, 0.4) is 0 Å². The average molecular weight is 299 g/mol. The van der Waals surface area contributed by atoms with Crippen molar-refractivity contribution in [3.8, 4) is 0 Å². The maximum Gasteiger partial charge on any atom is 0.409 e. The van der Waals surface area contributed by atoms with E-state index in [1.165, 1.54) is 0 Å². The highest BCUT2D eigenvalue weighted by Gasteiger charge is 2.12. The highest BCUT2D eigenvalue weighted by atomic mass is 16.4. The maximum atomic E-state index is 12.4. The second-order valence-corrected chi connectivity index (χ2v) is 4.87. The summed E-state index contributed by atoms with van der Waals surface area (Å²) in [5, 5.41) is 13.7. The molecular formula is C16H17N3O3. The van der Waals surface area contributed by atoms with Crippen LogP contribution in [0, 0.1) is 0 Å². The SMILES string of the molecule is CN(C)c1ccccc1C(=O)Nc1ccc(NC(=O)O)cc1. The number of carboxylic acid groups (broad SMARTS) is 1. The van der Waals surface area contributed by atoms with Crippen LogP contribution in [0.4, 0.5) is 21.9 Å². The minimum atomic E-state index is -1.13. The summed E-state index contributed by atoms with van der Waals surface area (Å²) in [4.78, 5) is 24.8. The van der Waals surface area contributed by atoms with Crippen LogP contribution in [-0.4, -0.2) is 31.2 Å². The van der Waals surface area contributed by atoms with Crippen molar-refractivity contribution in [3.05, 3.63) is 54.1 Å². The van der Waals surface area contributed by atoms with Crippen molar-refractivity contribution in [1.29, 1.82) is 0 Å². The zero-order valence-corrected chi connectivity index (χ0v) is 12.3. The predicted octanol–water partition coefficient (Wildman–Crippen LogP) is 3.09. The molecule has 2 amide bonds. The lowest BCUT2D eigenvalue weighted by Crippen LogP contribution is -2.18. The summed E-state index contributed by atoms with van der Waals surface area (Å²) in [6.07, 6.45) is -1.13. The lowest BCUT2D eigenvalue weighted by atomic mass is 10.1. The topological polar surface area (TPSA) is 81.7 Å². The molecular weight excluding hydrogens is 282 g/mol. The molecule has 2 rings (SSSR count). The lowest BCUT2D eigenvalue weighted by Gasteiger charge is -2.17. The normalized spacial score (nSPS) is 9.91. The van der Waals surface area contributed by atoms with Gasteiger partial charge in [-0.05, 0) is 36.4 Å². The average Bonchev–Trinajstić information content (AvgIpc) is 2.48. The molecule has 0 aliphatic carbocycles. The number of hydrogen-bond acceptors (Lipinski definition) is 3. The Morgan fingerprint density at radius 3 is 2.00 bits per heavy atom. The van der Waals surface area contributed by atoms with E-state index in [9.17, 15) is 9.59 Å². The van der Waals surface area contributed by atoms with Crippen molar-refractivity contribution in [2.24, 2.45) is 0 Å². The monoisotopic (exact) mass is 299 g/mol. The first kappa shape index (κ1) is 15.4. The summed E-state index contributed by atoms with van der Waals surface area (Å²) in [5.74, 6) is -0.219. The Balaban J connectivity index is 2.14. The van der Waals surface area contributed by atoms with Crippen LogP contribution in [0.15, 0.2) is 48.5 Å². The van der Waals surface area contributed by atoms with Gasteiger partial charge in [-0.15, -0.1) is 0 Å². The zero-order valence-electron chi connectivity index (χ0n) is 12.3. The number of para-hydroxylation sites is 1. The van der Waals surface area contributed by atoms with E-state index in [1.807, 2.05) is 37.2 Å². The third-order valence-electron chi connectivity index (χ3n) is 3.02. The predicted molar refractivity (Wildman–Crippen MR) is 86.8 cm³/mol. The quantitative estimate of drug-likeness (QED) is 0.810. The first-order valence-electron chi connectivity index (χ1n) is 6.65. The molecule has 0 heterocycles. The summed E-state index contributed by atoms with van der Waals surface area (Å²) in [5.41, 5.74) is 2.43. The number of rotatable bonds is 4. The second kappa shape index (κ2) is 6.62. The Morgan fingerprint density at radius 1 is 0.909 bits per heavy atom. The van der Waals surface area contributed by atoms with E-state index in [1.54, 1.807) is 30.3 Å². The third-order valence-corrected chi connectivity index (χ3v) is 3.02. The molecule has 6 heteroatoms. The van der Waals surface area contributed by atoms with Crippen LogP contribution in [0.2, 0.25) is 0 Å². The molecule has 0 bridgehead atoms. The van der Waals surface area contributed by atoms with Gasteiger partial charge >= 0.3 is 6.09 Å². The fraction of sp³-hybridized carbons (Fsp3) is 0.125. The fourth-order valence-electron chi connectivity index (χ4n) is 2.01. The van der Waals surface area contributed by atoms with Crippen LogP contribution in [-0.2, 0) is 0 Å². The number of nitrogens with one attached hydrogen (secondary N) is 2. The van der Waals surface area contributed by atoms with Crippen molar-refractivity contribution in [3.63, 3.8) is 0 Å². The largest absolute Gasteiger partial charge is 0.465 e. The molecule has 0 saturated heterocycles. The second-order valence-electron chi connectivity index (χ2n) is 4.87. The van der Waals surface area contributed by atoms with Gasteiger partial charge in [-0.3, -0.25) is 10.1 Å². The molecule has 0 aliphatic heterocycles. The molecule has 0 saturated carbocycles. The number of anilines is 3. The Morgan fingerprint density at radius 2 is 1.45 bits per heavy atom. The summed E-state index contributed by atoms with van der Waals surface area (Å²) in [7, 11) is 3.75. The van der Waals surface area contributed by atoms with Crippen molar-refractivity contribution in [1.82, 2.24) is 0 Å². The Bertz CT molecular complexity index is 681. The Kier molecular flexibility index (Phi) is 4.63. The van der Waals surface area contributed by atoms with Crippen LogP contribution >= 0.6 is 0 Å². The van der Waals surface area contributed by atoms with Gasteiger partial charge in [-0.25, -0.2) is 4.79 Å². The van der Waals surface area contributed by atoms with Gasteiger partial charge in [0, 0.05) is 31.2 Å². The van der Waals surface area contributed by atoms with E-state index in [0.29, 0.717) is 16.9 Å². The first-order valence-corrected chi connectivity index (χ1v) is 6.65. The molecule has 22 heavy (non-hydrogen) atoms. The summed E-state index contributed by atoms with van der Waals surface area (Å²) in [6, 6.07) is 13.8. The molecule has 0 aromatic heterocycles. The van der Waals surface area contributed by atoms with Crippen molar-refractivity contribution >= 4 is 29.1 Å². The van der Waals surface area contributed by atoms with Crippen LogP contribution in [0.25, 0.3) is 0 Å². The van der Waals surface area contributed by atoms with Gasteiger partial charge in [0.15, 0.2) is 0 Å². The summed E-state index contributed by atoms with van der Waals surface area (Å²) < 4.78 is 0. The van der Waals surface area contributed by atoms with Crippen molar-refractivity contribution in [2.75, 3.05) is 29.6 Å². The molecule has 2 aromatic rings. The molecule has 0 unspecified atom stereocenters. The van der Waals surface area contributed by atoms with Gasteiger partial charge in [-0.1, -0.05) is 12.1 Å². The molecule has 0 fully saturated rings. The molecule has 0 spiro atoms. The minimum Gasteiger partial charge on any atom is -0.465 e. The Labute approximate surface area is 128 Å². The van der Waals surface area contributed by atoms with E-state index in [-0.39, 0.29) is 5.91 Å². The van der Waals surface area contributed by atoms with Gasteiger partial charge in [0.25, 0.3) is 5.91 Å². The van der Waals surface area contributed by atoms with Gasteiger partial charge in [0.2, 0.25) is 0 Å². The van der Waals surface area contributed by atoms with E-state index in [4.69, 9.17) is 5.11 Å². The molecule has 0 radical (unpaired) electrons. The van der Waals surface area contributed by atoms with Crippen molar-refractivity contribution < 1.29 is 14.7 Å². The first-order chi connectivity index (χ1) is 10.5. The lowest BCUT2D eigenvalue weighted by molar-refractivity contribution is 0.102. The zero-order chi connectivity index (χ0) is 16.1. The standard InChI is InChI=1S/C16H17N3O3/c1-19(2)14-6-4-3-5-13(14)15(20)17-11-7-9-12(10-8-11)18-16(21)22/h3-10,18H,1-2H3,(H,17,20)(H,21,22). The van der Waals surface area contributed by atoms with E-state index in [0.717, 1.165) is 5.69 Å². The number of benzene rings is 2. The number of hydrogen-bond donors (Lipinski definition) is 3. The van der Waals surface area contributed by atoms with Crippen LogP contribution < -0.4 is 15.5 Å². The number of amides is 2.